The number of hydrogen-bond acceptors (Lipinski definition) is 4. The molecule has 1 rings (SSSR count). The summed E-state index contributed by atoms with van der Waals surface area (Å²) in [4.78, 5) is 15.3. The number of carboxylic acids is 1. The zero-order chi connectivity index (χ0) is 13.1. The van der Waals surface area contributed by atoms with E-state index in [1.165, 1.54) is 11.3 Å². The van der Waals surface area contributed by atoms with Gasteiger partial charge >= 0.3 is 12.1 Å². The zero-order valence-corrected chi connectivity index (χ0v) is 9.81. The molecule has 0 aromatic carbocycles. The first-order valence-electron chi connectivity index (χ1n) is 4.68. The third-order valence-electron chi connectivity index (χ3n) is 1.81. The Morgan fingerprint density at radius 2 is 2.24 bits per heavy atom. The van der Waals surface area contributed by atoms with Crippen LogP contribution in [-0.2, 0) is 11.3 Å². The molecule has 1 N–H and O–H groups in total. The van der Waals surface area contributed by atoms with Gasteiger partial charge in [-0.2, -0.15) is 13.2 Å². The minimum atomic E-state index is -4.42. The van der Waals surface area contributed by atoms with Crippen molar-refractivity contribution in [2.24, 2.45) is 0 Å². The maximum absolute atomic E-state index is 12.2. The predicted octanol–water partition coefficient (Wildman–Crippen LogP) is 1.90. The topological polar surface area (TPSA) is 53.4 Å². The van der Waals surface area contributed by atoms with Gasteiger partial charge in [0.15, 0.2) is 0 Å². The first kappa shape index (κ1) is 13.9. The molecule has 0 atom stereocenters. The highest BCUT2D eigenvalue weighted by molar-refractivity contribution is 7.09. The number of aromatic nitrogens is 1. The highest BCUT2D eigenvalue weighted by atomic mass is 32.1. The van der Waals surface area contributed by atoms with E-state index in [4.69, 9.17) is 5.11 Å². The number of rotatable bonds is 5. The Bertz CT molecular complexity index is 392. The average molecular weight is 268 g/mol. The molecule has 1 heterocycles. The van der Waals surface area contributed by atoms with Crippen molar-refractivity contribution in [2.45, 2.75) is 19.6 Å². The Labute approximate surface area is 99.7 Å². The highest BCUT2D eigenvalue weighted by Crippen LogP contribution is 2.18. The van der Waals surface area contributed by atoms with E-state index in [1.807, 2.05) is 0 Å². The van der Waals surface area contributed by atoms with E-state index in [0.717, 1.165) is 9.91 Å². The van der Waals surface area contributed by atoms with E-state index < -0.39 is 25.2 Å². The summed E-state index contributed by atoms with van der Waals surface area (Å²) in [5.41, 5.74) is 0.456. The Morgan fingerprint density at radius 3 is 2.65 bits per heavy atom. The van der Waals surface area contributed by atoms with Gasteiger partial charge in [-0.25, -0.2) is 4.98 Å². The number of halogens is 3. The molecule has 0 bridgehead atoms. The highest BCUT2D eigenvalue weighted by Gasteiger charge is 2.31. The molecule has 0 aliphatic heterocycles. The summed E-state index contributed by atoms with van der Waals surface area (Å²) in [5, 5.41) is 10.9. The number of carboxylic acid groups (broad SMARTS) is 1. The standard InChI is InChI=1S/C9H11F3N2O2S/c1-6-13-7(4-17-6)2-14(3-8(15)16)5-9(10,11)12/h4H,2-3,5H2,1H3,(H,15,16). The Morgan fingerprint density at radius 1 is 1.59 bits per heavy atom. The molecule has 0 saturated heterocycles. The molecule has 96 valence electrons. The normalized spacial score (nSPS) is 12.1. The van der Waals surface area contributed by atoms with Gasteiger partial charge < -0.3 is 5.11 Å². The van der Waals surface area contributed by atoms with Crippen molar-refractivity contribution in [2.75, 3.05) is 13.1 Å². The molecule has 0 aliphatic carbocycles. The van der Waals surface area contributed by atoms with Gasteiger partial charge in [0.1, 0.15) is 0 Å². The van der Waals surface area contributed by atoms with Crippen LogP contribution in [0.3, 0.4) is 0 Å². The summed E-state index contributed by atoms with van der Waals surface area (Å²) < 4.78 is 36.6. The maximum Gasteiger partial charge on any atom is 0.401 e. The van der Waals surface area contributed by atoms with Gasteiger partial charge in [-0.3, -0.25) is 9.69 Å². The molecule has 1 aromatic rings. The van der Waals surface area contributed by atoms with E-state index in [-0.39, 0.29) is 6.54 Å². The molecule has 0 unspecified atom stereocenters. The Balaban J connectivity index is 2.66. The van der Waals surface area contributed by atoms with Crippen molar-refractivity contribution >= 4 is 17.3 Å². The number of alkyl halides is 3. The van der Waals surface area contributed by atoms with E-state index >= 15 is 0 Å². The predicted molar refractivity (Wildman–Crippen MR) is 55.8 cm³/mol. The van der Waals surface area contributed by atoms with Gasteiger partial charge in [-0.15, -0.1) is 11.3 Å². The summed E-state index contributed by atoms with van der Waals surface area (Å²) in [7, 11) is 0. The summed E-state index contributed by atoms with van der Waals surface area (Å²) in [6.07, 6.45) is -4.42. The van der Waals surface area contributed by atoms with Crippen LogP contribution in [0, 0.1) is 6.92 Å². The van der Waals surface area contributed by atoms with Crippen molar-refractivity contribution in [3.05, 3.63) is 16.1 Å². The molecule has 0 amide bonds. The van der Waals surface area contributed by atoms with Gasteiger partial charge in [0.2, 0.25) is 0 Å². The fourth-order valence-corrected chi connectivity index (χ4v) is 1.93. The molecule has 17 heavy (non-hydrogen) atoms. The van der Waals surface area contributed by atoms with Crippen molar-refractivity contribution < 1.29 is 23.1 Å². The lowest BCUT2D eigenvalue weighted by Gasteiger charge is -2.20. The molecule has 0 aliphatic rings. The Kier molecular flexibility index (Phi) is 4.47. The third kappa shape index (κ3) is 5.64. The van der Waals surface area contributed by atoms with E-state index in [9.17, 15) is 18.0 Å². The number of nitrogens with zero attached hydrogens (tertiary/aromatic N) is 2. The monoisotopic (exact) mass is 268 g/mol. The van der Waals surface area contributed by atoms with Crippen LogP contribution >= 0.6 is 11.3 Å². The van der Waals surface area contributed by atoms with Gasteiger partial charge in [-0.1, -0.05) is 0 Å². The quantitative estimate of drug-likeness (QED) is 0.886. The molecule has 0 saturated carbocycles. The second-order valence-corrected chi connectivity index (χ2v) is 4.57. The van der Waals surface area contributed by atoms with Crippen LogP contribution in [0.4, 0.5) is 13.2 Å². The first-order chi connectivity index (χ1) is 7.76. The summed E-state index contributed by atoms with van der Waals surface area (Å²) in [6, 6.07) is 0. The number of carbonyl (C=O) groups is 1. The fourth-order valence-electron chi connectivity index (χ4n) is 1.32. The van der Waals surface area contributed by atoms with Crippen molar-refractivity contribution in [3.63, 3.8) is 0 Å². The molecular weight excluding hydrogens is 257 g/mol. The average Bonchev–Trinajstić information content (AvgIpc) is 2.46. The molecule has 0 fully saturated rings. The van der Waals surface area contributed by atoms with Crippen molar-refractivity contribution in [1.29, 1.82) is 0 Å². The molecule has 0 spiro atoms. The van der Waals surface area contributed by atoms with Crippen LogP contribution in [0.5, 0.6) is 0 Å². The van der Waals surface area contributed by atoms with E-state index in [2.05, 4.69) is 4.98 Å². The number of hydrogen-bond donors (Lipinski definition) is 1. The summed E-state index contributed by atoms with van der Waals surface area (Å²) in [6.45, 7) is -0.290. The van der Waals surface area contributed by atoms with Crippen LogP contribution < -0.4 is 0 Å². The molecule has 4 nitrogen and oxygen atoms in total. The van der Waals surface area contributed by atoms with Crippen LogP contribution in [0.2, 0.25) is 0 Å². The lowest BCUT2D eigenvalue weighted by Crippen LogP contribution is -2.37. The van der Waals surface area contributed by atoms with Crippen LogP contribution in [-0.4, -0.2) is 40.2 Å². The second kappa shape index (κ2) is 5.46. The lowest BCUT2D eigenvalue weighted by atomic mass is 10.4. The fraction of sp³-hybridized carbons (Fsp3) is 0.556. The first-order valence-corrected chi connectivity index (χ1v) is 5.56. The van der Waals surface area contributed by atoms with Crippen LogP contribution in [0.15, 0.2) is 5.38 Å². The summed E-state index contributed by atoms with van der Waals surface area (Å²) >= 11 is 1.32. The smallest absolute Gasteiger partial charge is 0.401 e. The lowest BCUT2D eigenvalue weighted by molar-refractivity contribution is -0.154. The second-order valence-electron chi connectivity index (χ2n) is 3.51. The Hall–Kier alpha value is -1.15. The van der Waals surface area contributed by atoms with Crippen LogP contribution in [0.25, 0.3) is 0 Å². The van der Waals surface area contributed by atoms with Gasteiger partial charge in [0.05, 0.1) is 23.8 Å². The van der Waals surface area contributed by atoms with Gasteiger partial charge in [0, 0.05) is 11.9 Å². The SMILES string of the molecule is Cc1nc(CN(CC(=O)O)CC(F)(F)F)cs1. The van der Waals surface area contributed by atoms with E-state index in [1.54, 1.807) is 12.3 Å². The third-order valence-corrected chi connectivity index (χ3v) is 2.64. The largest absolute Gasteiger partial charge is 0.480 e. The van der Waals surface area contributed by atoms with Crippen LogP contribution in [0.1, 0.15) is 10.7 Å². The number of thiazole rings is 1. The minimum absolute atomic E-state index is 0.115. The number of aryl methyl sites for hydroxylation is 1. The van der Waals surface area contributed by atoms with Crippen molar-refractivity contribution in [3.8, 4) is 0 Å². The van der Waals surface area contributed by atoms with Gasteiger partial charge in [0.25, 0.3) is 0 Å². The maximum atomic E-state index is 12.2. The number of aliphatic carboxylic acids is 1. The van der Waals surface area contributed by atoms with Gasteiger partial charge in [-0.05, 0) is 6.92 Å². The molecule has 8 heteroatoms. The van der Waals surface area contributed by atoms with E-state index in [0.29, 0.717) is 5.69 Å². The molecule has 0 radical (unpaired) electrons. The summed E-state index contributed by atoms with van der Waals surface area (Å²) in [5.74, 6) is -1.29. The molecular formula is C9H11F3N2O2S. The van der Waals surface area contributed by atoms with Crippen molar-refractivity contribution in [1.82, 2.24) is 9.88 Å². The molecule has 1 aromatic heterocycles. The minimum Gasteiger partial charge on any atom is -0.480 e. The zero-order valence-electron chi connectivity index (χ0n) is 8.99.